The van der Waals surface area contributed by atoms with E-state index in [1.807, 2.05) is 38.1 Å². The van der Waals surface area contributed by atoms with Gasteiger partial charge in [-0.15, -0.1) is 0 Å². The molecule has 0 spiro atoms. The van der Waals surface area contributed by atoms with E-state index >= 15 is 0 Å². The molecule has 2 N–H and O–H groups in total. The number of pyridine rings is 1. The van der Waals surface area contributed by atoms with Crippen LogP contribution in [0.25, 0.3) is 0 Å². The number of aromatic nitrogens is 1. The minimum Gasteiger partial charge on any atom is -0.491 e. The van der Waals surface area contributed by atoms with Crippen molar-refractivity contribution >= 4 is 17.5 Å². The summed E-state index contributed by atoms with van der Waals surface area (Å²) in [6.45, 7) is 5.70. The molecule has 0 saturated carbocycles. The Balaban J connectivity index is 2.16. The van der Waals surface area contributed by atoms with Crippen molar-refractivity contribution in [2.24, 2.45) is 0 Å². The van der Waals surface area contributed by atoms with Crippen molar-refractivity contribution in [2.75, 3.05) is 5.32 Å². The summed E-state index contributed by atoms with van der Waals surface area (Å²) in [7, 11) is 0. The van der Waals surface area contributed by atoms with E-state index < -0.39 is 5.97 Å². The average molecular weight is 286 g/mol. The van der Waals surface area contributed by atoms with Gasteiger partial charge in [-0.2, -0.15) is 0 Å². The van der Waals surface area contributed by atoms with E-state index in [9.17, 15) is 4.79 Å². The van der Waals surface area contributed by atoms with Crippen LogP contribution >= 0.6 is 0 Å². The first-order valence-corrected chi connectivity index (χ1v) is 6.70. The van der Waals surface area contributed by atoms with Gasteiger partial charge in [0.1, 0.15) is 11.6 Å². The Labute approximate surface area is 123 Å². The zero-order valence-corrected chi connectivity index (χ0v) is 12.3. The number of aryl methyl sites for hydroxylation is 1. The number of carboxylic acid groups (broad SMARTS) is 1. The van der Waals surface area contributed by atoms with Gasteiger partial charge in [0.2, 0.25) is 0 Å². The number of ether oxygens (including phenoxy) is 1. The summed E-state index contributed by atoms with van der Waals surface area (Å²) >= 11 is 0. The Morgan fingerprint density at radius 3 is 2.48 bits per heavy atom. The molecular weight excluding hydrogens is 268 g/mol. The maximum Gasteiger partial charge on any atom is 0.335 e. The van der Waals surface area contributed by atoms with E-state index in [2.05, 4.69) is 10.3 Å². The molecule has 1 heterocycles. The molecule has 0 amide bonds. The van der Waals surface area contributed by atoms with Gasteiger partial charge in [-0.1, -0.05) is 0 Å². The number of carbonyl (C=O) groups is 1. The van der Waals surface area contributed by atoms with Crippen molar-refractivity contribution in [1.82, 2.24) is 4.98 Å². The fourth-order valence-corrected chi connectivity index (χ4v) is 1.89. The molecule has 5 nitrogen and oxygen atoms in total. The molecule has 0 saturated heterocycles. The number of nitrogens with one attached hydrogen (secondary N) is 1. The highest BCUT2D eigenvalue weighted by molar-refractivity contribution is 5.88. The second-order valence-electron chi connectivity index (χ2n) is 5.00. The fourth-order valence-electron chi connectivity index (χ4n) is 1.89. The first-order chi connectivity index (χ1) is 9.94. The van der Waals surface area contributed by atoms with Gasteiger partial charge in [0.05, 0.1) is 11.7 Å². The third-order valence-electron chi connectivity index (χ3n) is 2.70. The lowest BCUT2D eigenvalue weighted by molar-refractivity contribution is 0.0696. The zero-order valence-electron chi connectivity index (χ0n) is 12.3. The van der Waals surface area contributed by atoms with E-state index in [0.29, 0.717) is 11.5 Å². The van der Waals surface area contributed by atoms with E-state index in [1.165, 1.54) is 12.1 Å². The molecule has 0 radical (unpaired) electrons. The van der Waals surface area contributed by atoms with Gasteiger partial charge in [-0.05, 0) is 57.2 Å². The van der Waals surface area contributed by atoms with Crippen molar-refractivity contribution < 1.29 is 14.6 Å². The lowest BCUT2D eigenvalue weighted by Gasteiger charge is -2.11. The van der Waals surface area contributed by atoms with Crippen molar-refractivity contribution in [2.45, 2.75) is 26.9 Å². The lowest BCUT2D eigenvalue weighted by Crippen LogP contribution is -2.05. The number of carboxylic acids is 1. The Hall–Kier alpha value is -2.56. The number of hydrogen-bond acceptors (Lipinski definition) is 4. The summed E-state index contributed by atoms with van der Waals surface area (Å²) in [5.41, 5.74) is 1.68. The standard InChI is InChI=1S/C16H18N2O3/c1-10(2)21-14-6-4-13(5-7-14)18-15-9-12(16(19)20)8-11(3)17-15/h4-10H,1-3H3,(H,17,18)(H,19,20). The number of hydrogen-bond donors (Lipinski definition) is 2. The molecule has 0 atom stereocenters. The maximum absolute atomic E-state index is 11.0. The average Bonchev–Trinajstić information content (AvgIpc) is 2.39. The minimum absolute atomic E-state index is 0.125. The van der Waals surface area contributed by atoms with Crippen molar-refractivity contribution in [1.29, 1.82) is 0 Å². The highest BCUT2D eigenvalue weighted by Crippen LogP contribution is 2.20. The normalized spacial score (nSPS) is 10.5. The van der Waals surface area contributed by atoms with Crippen LogP contribution in [-0.4, -0.2) is 22.2 Å². The first-order valence-electron chi connectivity index (χ1n) is 6.70. The molecule has 1 aromatic heterocycles. The maximum atomic E-state index is 11.0. The van der Waals surface area contributed by atoms with Gasteiger partial charge in [-0.3, -0.25) is 0 Å². The van der Waals surface area contributed by atoms with Gasteiger partial charge >= 0.3 is 5.97 Å². The van der Waals surface area contributed by atoms with Crippen LogP contribution in [0, 0.1) is 6.92 Å². The highest BCUT2D eigenvalue weighted by atomic mass is 16.5. The third-order valence-corrected chi connectivity index (χ3v) is 2.70. The van der Waals surface area contributed by atoms with E-state index in [4.69, 9.17) is 9.84 Å². The predicted octanol–water partition coefficient (Wildman–Crippen LogP) is 3.62. The van der Waals surface area contributed by atoms with E-state index in [1.54, 1.807) is 6.92 Å². The van der Waals surface area contributed by atoms with Gasteiger partial charge in [0, 0.05) is 11.4 Å². The quantitative estimate of drug-likeness (QED) is 0.878. The zero-order chi connectivity index (χ0) is 15.4. The smallest absolute Gasteiger partial charge is 0.335 e. The molecule has 1 aromatic carbocycles. The van der Waals surface area contributed by atoms with Crippen LogP contribution in [-0.2, 0) is 0 Å². The monoisotopic (exact) mass is 286 g/mol. The molecule has 0 unspecified atom stereocenters. The molecule has 0 fully saturated rings. The van der Waals surface area contributed by atoms with Crippen LogP contribution in [0.5, 0.6) is 5.75 Å². The van der Waals surface area contributed by atoms with Crippen LogP contribution in [0.3, 0.4) is 0 Å². The summed E-state index contributed by atoms with van der Waals surface area (Å²) in [5, 5.41) is 12.1. The summed E-state index contributed by atoms with van der Waals surface area (Å²) < 4.78 is 5.57. The van der Waals surface area contributed by atoms with Crippen LogP contribution in [0.1, 0.15) is 29.9 Å². The molecule has 110 valence electrons. The Bertz CT molecular complexity index is 636. The topological polar surface area (TPSA) is 71.5 Å². The molecule has 21 heavy (non-hydrogen) atoms. The number of aromatic carboxylic acids is 1. The Kier molecular flexibility index (Phi) is 4.42. The van der Waals surface area contributed by atoms with E-state index in [0.717, 1.165) is 11.4 Å². The van der Waals surface area contributed by atoms with Crippen LogP contribution in [0.15, 0.2) is 36.4 Å². The molecule has 2 aromatic rings. The SMILES string of the molecule is Cc1cc(C(=O)O)cc(Nc2ccc(OC(C)C)cc2)n1. The molecule has 2 rings (SSSR count). The Morgan fingerprint density at radius 2 is 1.90 bits per heavy atom. The molecule has 0 bridgehead atoms. The van der Waals surface area contributed by atoms with Crippen LogP contribution in [0.2, 0.25) is 0 Å². The summed E-state index contributed by atoms with van der Waals surface area (Å²) in [4.78, 5) is 15.3. The fraction of sp³-hybridized carbons (Fsp3) is 0.250. The second-order valence-corrected chi connectivity index (χ2v) is 5.00. The third kappa shape index (κ3) is 4.21. The highest BCUT2D eigenvalue weighted by Gasteiger charge is 2.07. The second kappa shape index (κ2) is 6.26. The van der Waals surface area contributed by atoms with Gasteiger partial charge in [0.25, 0.3) is 0 Å². The Morgan fingerprint density at radius 1 is 1.24 bits per heavy atom. The summed E-state index contributed by atoms with van der Waals surface area (Å²) in [6.07, 6.45) is 0.125. The molecule has 5 heteroatoms. The van der Waals surface area contributed by atoms with Gasteiger partial charge in [0.15, 0.2) is 0 Å². The first kappa shape index (κ1) is 14.8. The molecule has 0 aliphatic carbocycles. The lowest BCUT2D eigenvalue weighted by atomic mass is 10.2. The van der Waals surface area contributed by atoms with Crippen LogP contribution < -0.4 is 10.1 Å². The van der Waals surface area contributed by atoms with Gasteiger partial charge in [-0.25, -0.2) is 9.78 Å². The van der Waals surface area contributed by atoms with E-state index in [-0.39, 0.29) is 11.7 Å². The summed E-state index contributed by atoms with van der Waals surface area (Å²) in [5.74, 6) is 0.327. The summed E-state index contributed by atoms with van der Waals surface area (Å²) in [6, 6.07) is 10.5. The van der Waals surface area contributed by atoms with Crippen molar-refractivity contribution in [3.8, 4) is 5.75 Å². The number of anilines is 2. The largest absolute Gasteiger partial charge is 0.491 e. The number of benzene rings is 1. The minimum atomic E-state index is -0.968. The molecule has 0 aliphatic heterocycles. The molecule has 0 aliphatic rings. The number of nitrogens with zero attached hydrogens (tertiary/aromatic N) is 1. The number of rotatable bonds is 5. The van der Waals surface area contributed by atoms with Crippen molar-refractivity contribution in [3.63, 3.8) is 0 Å². The predicted molar refractivity (Wildman–Crippen MR) is 81.4 cm³/mol. The van der Waals surface area contributed by atoms with Gasteiger partial charge < -0.3 is 15.2 Å². The van der Waals surface area contributed by atoms with Crippen LogP contribution in [0.4, 0.5) is 11.5 Å². The molecular formula is C16H18N2O3. The van der Waals surface area contributed by atoms with Crippen molar-refractivity contribution in [3.05, 3.63) is 47.7 Å².